The maximum Gasteiger partial charge on any atom is 0.415 e. The van der Waals surface area contributed by atoms with E-state index in [0.717, 1.165) is 43.0 Å². The number of fused-ring (bicyclic) bond motifs is 3. The number of piperidine rings is 3. The van der Waals surface area contributed by atoms with Crippen molar-refractivity contribution >= 4 is 17.7 Å². The van der Waals surface area contributed by atoms with Crippen molar-refractivity contribution in [3.8, 4) is 0 Å². The monoisotopic (exact) mass is 416 g/mol. The van der Waals surface area contributed by atoms with E-state index in [4.69, 9.17) is 9.84 Å². The van der Waals surface area contributed by atoms with Crippen LogP contribution < -0.4 is 4.90 Å². The molecule has 2 aromatic rings. The van der Waals surface area contributed by atoms with Crippen LogP contribution in [0.2, 0.25) is 0 Å². The zero-order valence-corrected chi connectivity index (χ0v) is 16.3. The Balaban J connectivity index is 1.60. The highest BCUT2D eigenvalue weighted by atomic mass is 19.1. The van der Waals surface area contributed by atoms with E-state index in [1.165, 1.54) is 24.3 Å². The van der Waals surface area contributed by atoms with E-state index in [1.54, 1.807) is 6.07 Å². The van der Waals surface area contributed by atoms with Crippen LogP contribution in [0.1, 0.15) is 28.8 Å². The fourth-order valence-corrected chi connectivity index (χ4v) is 4.17. The highest BCUT2D eigenvalue weighted by Gasteiger charge is 2.37. The van der Waals surface area contributed by atoms with Gasteiger partial charge in [0.2, 0.25) is 0 Å². The number of hydrogen-bond acceptors (Lipinski definition) is 4. The van der Waals surface area contributed by atoms with E-state index in [0.29, 0.717) is 12.1 Å². The molecule has 0 spiro atoms. The van der Waals surface area contributed by atoms with Gasteiger partial charge in [0.25, 0.3) is 0 Å². The van der Waals surface area contributed by atoms with Crippen molar-refractivity contribution in [3.63, 3.8) is 0 Å². The van der Waals surface area contributed by atoms with Crippen LogP contribution in [0.3, 0.4) is 0 Å². The molecular formula is C22H22F2N2O4. The zero-order chi connectivity index (χ0) is 21.3. The molecule has 0 radical (unpaired) electrons. The molecule has 1 atom stereocenters. The number of halogens is 2. The van der Waals surface area contributed by atoms with Gasteiger partial charge in [-0.2, -0.15) is 0 Å². The summed E-state index contributed by atoms with van der Waals surface area (Å²) in [5.74, 6) is -2.62. The average molecular weight is 416 g/mol. The Labute approximate surface area is 172 Å². The first kappa shape index (κ1) is 20.3. The highest BCUT2D eigenvalue weighted by Crippen LogP contribution is 2.31. The summed E-state index contributed by atoms with van der Waals surface area (Å²) in [4.78, 5) is 27.7. The largest absolute Gasteiger partial charge is 0.478 e. The van der Waals surface area contributed by atoms with Crippen molar-refractivity contribution in [3.05, 3.63) is 65.2 Å². The summed E-state index contributed by atoms with van der Waals surface area (Å²) < 4.78 is 34.0. The summed E-state index contributed by atoms with van der Waals surface area (Å²) in [6, 6.07) is 9.34. The van der Waals surface area contributed by atoms with Crippen LogP contribution in [-0.4, -0.2) is 47.8 Å². The molecule has 3 aliphatic rings. The quantitative estimate of drug-likeness (QED) is 0.801. The summed E-state index contributed by atoms with van der Waals surface area (Å²) >= 11 is 0. The number of carboxylic acids is 1. The van der Waals surface area contributed by atoms with E-state index in [9.17, 15) is 18.4 Å². The van der Waals surface area contributed by atoms with Gasteiger partial charge in [-0.05, 0) is 61.7 Å². The van der Waals surface area contributed by atoms with Crippen LogP contribution >= 0.6 is 0 Å². The number of anilines is 1. The van der Waals surface area contributed by atoms with Gasteiger partial charge in [-0.3, -0.25) is 9.80 Å². The molecular weight excluding hydrogens is 394 g/mol. The number of amides is 1. The smallest absolute Gasteiger partial charge is 0.415 e. The van der Waals surface area contributed by atoms with Crippen LogP contribution in [0.4, 0.5) is 19.3 Å². The first-order chi connectivity index (χ1) is 14.4. The molecule has 0 aromatic heterocycles. The number of aromatic carboxylic acids is 1. The highest BCUT2D eigenvalue weighted by molar-refractivity contribution is 5.89. The minimum atomic E-state index is -1.42. The SMILES string of the molecule is O=C(O)c1cc(CN(C(=O)O[C@H]2CN3CCC2CC3)c2ccccc2F)ccc1F. The predicted molar refractivity (Wildman–Crippen MR) is 105 cm³/mol. The molecule has 8 heteroatoms. The predicted octanol–water partition coefficient (Wildman–Crippen LogP) is 3.90. The molecule has 2 aromatic carbocycles. The lowest BCUT2D eigenvalue weighted by molar-refractivity contribution is -0.0311. The Morgan fingerprint density at radius 1 is 1.10 bits per heavy atom. The van der Waals surface area contributed by atoms with E-state index < -0.39 is 29.3 Å². The Morgan fingerprint density at radius 3 is 2.47 bits per heavy atom. The number of carbonyl (C=O) groups excluding carboxylic acids is 1. The maximum absolute atomic E-state index is 14.5. The van der Waals surface area contributed by atoms with Gasteiger partial charge < -0.3 is 9.84 Å². The van der Waals surface area contributed by atoms with Gasteiger partial charge in [0.1, 0.15) is 17.7 Å². The number of hydrogen-bond donors (Lipinski definition) is 1. The second kappa shape index (κ2) is 8.39. The Morgan fingerprint density at radius 2 is 1.83 bits per heavy atom. The Hall–Kier alpha value is -3.00. The average Bonchev–Trinajstić information content (AvgIpc) is 2.74. The number of ether oxygens (including phenoxy) is 1. The topological polar surface area (TPSA) is 70.1 Å². The van der Waals surface area contributed by atoms with Gasteiger partial charge in [0.05, 0.1) is 17.8 Å². The van der Waals surface area contributed by atoms with Crippen LogP contribution in [-0.2, 0) is 11.3 Å². The molecule has 2 bridgehead atoms. The molecule has 0 saturated carbocycles. The third-order valence-electron chi connectivity index (χ3n) is 5.81. The lowest BCUT2D eigenvalue weighted by atomic mass is 9.86. The third-order valence-corrected chi connectivity index (χ3v) is 5.81. The van der Waals surface area contributed by atoms with Gasteiger partial charge in [-0.25, -0.2) is 18.4 Å². The van der Waals surface area contributed by atoms with Crippen LogP contribution in [0.25, 0.3) is 0 Å². The second-order valence-electron chi connectivity index (χ2n) is 7.72. The number of nitrogens with zero attached hydrogens (tertiary/aromatic N) is 2. The maximum atomic E-state index is 14.5. The van der Waals surface area contributed by atoms with E-state index in [2.05, 4.69) is 4.90 Å². The minimum Gasteiger partial charge on any atom is -0.478 e. The number of para-hydroxylation sites is 1. The van der Waals surface area contributed by atoms with Crippen molar-refractivity contribution in [1.82, 2.24) is 4.90 Å². The molecule has 3 fully saturated rings. The Kier molecular flexibility index (Phi) is 5.67. The molecule has 3 heterocycles. The first-order valence-electron chi connectivity index (χ1n) is 9.89. The normalized spacial score (nSPS) is 22.5. The molecule has 6 nitrogen and oxygen atoms in total. The van der Waals surface area contributed by atoms with E-state index >= 15 is 0 Å². The zero-order valence-electron chi connectivity index (χ0n) is 16.3. The number of benzene rings is 2. The molecule has 1 amide bonds. The summed E-state index contributed by atoms with van der Waals surface area (Å²) in [5.41, 5.74) is -0.139. The standard InChI is InChI=1S/C22H22F2N2O4/c23-17-6-5-14(11-16(17)21(27)28)12-26(19-4-2-1-3-18(19)24)22(29)30-20-13-25-9-7-15(20)8-10-25/h1-6,11,15,20H,7-10,12-13H2,(H,27,28)/t20-/m0/s1. The van der Waals surface area contributed by atoms with Gasteiger partial charge in [-0.1, -0.05) is 18.2 Å². The van der Waals surface area contributed by atoms with Crippen LogP contribution in [0.5, 0.6) is 0 Å². The fourth-order valence-electron chi connectivity index (χ4n) is 4.17. The number of rotatable bonds is 5. The van der Waals surface area contributed by atoms with Crippen molar-refractivity contribution in [2.45, 2.75) is 25.5 Å². The molecule has 0 aliphatic carbocycles. The molecule has 3 aliphatic heterocycles. The fraction of sp³-hybridized carbons (Fsp3) is 0.364. The van der Waals surface area contributed by atoms with Gasteiger partial charge in [0, 0.05) is 6.54 Å². The van der Waals surface area contributed by atoms with Crippen molar-refractivity contribution < 1.29 is 28.2 Å². The molecule has 30 heavy (non-hydrogen) atoms. The summed E-state index contributed by atoms with van der Waals surface area (Å²) in [6.07, 6.45) is 0.937. The van der Waals surface area contributed by atoms with Crippen molar-refractivity contribution in [2.24, 2.45) is 5.92 Å². The summed E-state index contributed by atoms with van der Waals surface area (Å²) in [6.45, 7) is 2.48. The van der Waals surface area contributed by atoms with Crippen molar-refractivity contribution in [1.29, 1.82) is 0 Å². The molecule has 5 rings (SSSR count). The summed E-state index contributed by atoms with van der Waals surface area (Å²) in [7, 11) is 0. The van der Waals surface area contributed by atoms with Gasteiger partial charge >= 0.3 is 12.1 Å². The molecule has 0 unspecified atom stereocenters. The lowest BCUT2D eigenvalue weighted by Crippen LogP contribution is -2.53. The molecule has 3 saturated heterocycles. The lowest BCUT2D eigenvalue weighted by Gasteiger charge is -2.44. The second-order valence-corrected chi connectivity index (χ2v) is 7.72. The van der Waals surface area contributed by atoms with Gasteiger partial charge in [0.15, 0.2) is 0 Å². The van der Waals surface area contributed by atoms with Crippen LogP contribution in [0, 0.1) is 17.6 Å². The van der Waals surface area contributed by atoms with Gasteiger partial charge in [-0.15, -0.1) is 0 Å². The number of carbonyl (C=O) groups is 2. The molecule has 1 N–H and O–H groups in total. The first-order valence-corrected chi connectivity index (χ1v) is 9.89. The molecule has 158 valence electrons. The Bertz CT molecular complexity index is 960. The number of carboxylic acid groups (broad SMARTS) is 1. The van der Waals surface area contributed by atoms with E-state index in [-0.39, 0.29) is 24.3 Å². The summed E-state index contributed by atoms with van der Waals surface area (Å²) in [5, 5.41) is 9.16. The minimum absolute atomic E-state index is 0.0185. The van der Waals surface area contributed by atoms with Crippen LogP contribution in [0.15, 0.2) is 42.5 Å². The van der Waals surface area contributed by atoms with Crippen molar-refractivity contribution in [2.75, 3.05) is 24.5 Å². The third kappa shape index (κ3) is 4.14. The van der Waals surface area contributed by atoms with E-state index in [1.807, 2.05) is 0 Å².